The average Bonchev–Trinajstić information content (AvgIpc) is 3.05. The fourth-order valence-electron chi connectivity index (χ4n) is 4.26. The normalized spacial score (nSPS) is 26.7. The van der Waals surface area contributed by atoms with Gasteiger partial charge in [-0.1, -0.05) is 24.6 Å². The van der Waals surface area contributed by atoms with E-state index in [0.29, 0.717) is 26.1 Å². The van der Waals surface area contributed by atoms with Gasteiger partial charge in [0.15, 0.2) is 0 Å². The second-order valence-electron chi connectivity index (χ2n) is 6.99. The molecule has 0 spiro atoms. The number of hydrogen-bond donors (Lipinski definition) is 1. The first-order valence-corrected chi connectivity index (χ1v) is 10.3. The fourth-order valence-corrected chi connectivity index (χ4v) is 5.42. The number of hydrogen-bond acceptors (Lipinski definition) is 4. The van der Waals surface area contributed by atoms with Crippen LogP contribution >= 0.6 is 0 Å². The number of methoxy groups -OCH3 is 1. The Balaban J connectivity index is 1.75. The third-order valence-corrected chi connectivity index (χ3v) is 7.01. The number of carbonyl (C=O) groups excluding carboxylic acids is 1. The summed E-state index contributed by atoms with van der Waals surface area (Å²) in [6.07, 6.45) is 4.13. The summed E-state index contributed by atoms with van der Waals surface area (Å²) in [6.45, 7) is 1.47. The van der Waals surface area contributed by atoms with Crippen molar-refractivity contribution in [3.05, 3.63) is 30.3 Å². The molecule has 0 aromatic heterocycles. The summed E-state index contributed by atoms with van der Waals surface area (Å²) in [5.74, 6) is 0.158. The number of nitrogens with one attached hydrogen (secondary N) is 1. The third-order valence-electron chi connectivity index (χ3n) is 5.60. The maximum Gasteiger partial charge on any atom is 0.240 e. The summed E-state index contributed by atoms with van der Waals surface area (Å²) in [7, 11) is -1.90. The molecular weight excluding hydrogens is 340 g/mol. The Morgan fingerprint density at radius 3 is 2.76 bits per heavy atom. The molecule has 1 heterocycles. The molecule has 2 fully saturated rings. The number of ether oxygens (including phenoxy) is 1. The molecule has 2 atom stereocenters. The summed E-state index contributed by atoms with van der Waals surface area (Å²) in [5, 5.41) is 0. The Morgan fingerprint density at radius 1 is 1.28 bits per heavy atom. The van der Waals surface area contributed by atoms with Gasteiger partial charge in [-0.2, -0.15) is 0 Å². The Kier molecular flexibility index (Phi) is 5.46. The van der Waals surface area contributed by atoms with Crippen LogP contribution in [0, 0.1) is 5.41 Å². The zero-order valence-electron chi connectivity index (χ0n) is 14.6. The van der Waals surface area contributed by atoms with Crippen LogP contribution in [0.15, 0.2) is 35.2 Å². The van der Waals surface area contributed by atoms with Gasteiger partial charge >= 0.3 is 0 Å². The van der Waals surface area contributed by atoms with Crippen LogP contribution in [0.1, 0.15) is 32.1 Å². The highest BCUT2D eigenvalue weighted by atomic mass is 32.2. The van der Waals surface area contributed by atoms with Crippen molar-refractivity contribution in [2.75, 3.05) is 26.8 Å². The van der Waals surface area contributed by atoms with Gasteiger partial charge in [-0.25, -0.2) is 13.1 Å². The number of carbonyl (C=O) groups is 1. The minimum absolute atomic E-state index is 0.0994. The van der Waals surface area contributed by atoms with Gasteiger partial charge in [0.1, 0.15) is 0 Å². The number of nitrogens with zero attached hydrogens (tertiary/aromatic N) is 1. The lowest BCUT2D eigenvalue weighted by Gasteiger charge is -2.46. The predicted octanol–water partition coefficient (Wildman–Crippen LogP) is 1.77. The van der Waals surface area contributed by atoms with E-state index in [1.807, 2.05) is 4.90 Å². The molecule has 138 valence electrons. The standard InChI is InChI=1S/C18H26N2O4S/c1-24-13-12-20-16-8-5-10-18(16,11-9-17(20)21)14-19-25(22,23)15-6-3-2-4-7-15/h2-4,6-7,16,19H,5,8-14H2,1H3/t16-,18+/m1/s1. The van der Waals surface area contributed by atoms with Gasteiger partial charge in [0.2, 0.25) is 15.9 Å². The average molecular weight is 366 g/mol. The quantitative estimate of drug-likeness (QED) is 0.798. The lowest BCUT2D eigenvalue weighted by Crippen LogP contribution is -2.56. The summed E-state index contributed by atoms with van der Waals surface area (Å²) in [5.41, 5.74) is -0.163. The first-order chi connectivity index (χ1) is 12.0. The van der Waals surface area contributed by atoms with Crippen molar-refractivity contribution in [1.82, 2.24) is 9.62 Å². The van der Waals surface area contributed by atoms with Gasteiger partial charge in [0.05, 0.1) is 11.5 Å². The van der Waals surface area contributed by atoms with E-state index < -0.39 is 10.0 Å². The number of amides is 1. The second kappa shape index (κ2) is 7.43. The number of likely N-dealkylation sites (tertiary alicyclic amines) is 1. The highest BCUT2D eigenvalue weighted by Crippen LogP contribution is 2.47. The van der Waals surface area contributed by atoms with Crippen LogP contribution < -0.4 is 4.72 Å². The maximum absolute atomic E-state index is 12.6. The Bertz CT molecular complexity index is 707. The first-order valence-electron chi connectivity index (χ1n) is 8.82. The number of benzene rings is 1. The van der Waals surface area contributed by atoms with Crippen LogP contribution in [0.2, 0.25) is 0 Å². The Labute approximate surface area is 149 Å². The van der Waals surface area contributed by atoms with Crippen molar-refractivity contribution in [3.63, 3.8) is 0 Å². The third kappa shape index (κ3) is 3.73. The lowest BCUT2D eigenvalue weighted by atomic mass is 9.74. The number of sulfonamides is 1. The van der Waals surface area contributed by atoms with Crippen molar-refractivity contribution in [3.8, 4) is 0 Å². The van der Waals surface area contributed by atoms with Crippen molar-refractivity contribution in [2.45, 2.75) is 43.0 Å². The van der Waals surface area contributed by atoms with Crippen LogP contribution in [0.4, 0.5) is 0 Å². The molecule has 1 aromatic carbocycles. The molecule has 0 radical (unpaired) electrons. The first kappa shape index (κ1) is 18.4. The van der Waals surface area contributed by atoms with Crippen molar-refractivity contribution in [1.29, 1.82) is 0 Å². The zero-order valence-corrected chi connectivity index (χ0v) is 15.4. The van der Waals surface area contributed by atoms with Crippen LogP contribution in [0.25, 0.3) is 0 Å². The monoisotopic (exact) mass is 366 g/mol. The van der Waals surface area contributed by atoms with Crippen LogP contribution in [-0.2, 0) is 19.6 Å². The summed E-state index contributed by atoms with van der Waals surface area (Å²) >= 11 is 0. The Hall–Kier alpha value is -1.44. The molecule has 1 N–H and O–H groups in total. The van der Waals surface area contributed by atoms with Gasteiger partial charge in [-0.3, -0.25) is 4.79 Å². The van der Waals surface area contributed by atoms with E-state index in [0.717, 1.165) is 25.7 Å². The molecule has 1 amide bonds. The molecule has 1 aliphatic carbocycles. The molecular formula is C18H26N2O4S. The largest absolute Gasteiger partial charge is 0.383 e. The molecule has 1 aromatic rings. The smallest absolute Gasteiger partial charge is 0.240 e. The molecule has 1 aliphatic heterocycles. The van der Waals surface area contributed by atoms with E-state index in [1.54, 1.807) is 37.4 Å². The van der Waals surface area contributed by atoms with Gasteiger partial charge in [0.25, 0.3) is 0 Å². The Morgan fingerprint density at radius 2 is 2.04 bits per heavy atom. The van der Waals surface area contributed by atoms with Crippen LogP contribution in [-0.4, -0.2) is 52.1 Å². The predicted molar refractivity (Wildman–Crippen MR) is 94.5 cm³/mol. The highest BCUT2D eigenvalue weighted by molar-refractivity contribution is 7.89. The minimum Gasteiger partial charge on any atom is -0.383 e. The van der Waals surface area contributed by atoms with E-state index in [4.69, 9.17) is 4.74 Å². The lowest BCUT2D eigenvalue weighted by molar-refractivity contribution is -0.142. The molecule has 6 nitrogen and oxygen atoms in total. The summed E-state index contributed by atoms with van der Waals surface area (Å²) in [4.78, 5) is 14.5. The SMILES string of the molecule is COCCN1C(=O)CC[C@]2(CNS(=O)(=O)c3ccccc3)CCC[C@@H]12. The van der Waals surface area contributed by atoms with Crippen molar-refractivity contribution < 1.29 is 17.9 Å². The van der Waals surface area contributed by atoms with Gasteiger partial charge in [-0.05, 0) is 31.4 Å². The minimum atomic E-state index is -3.53. The molecule has 2 aliphatic rings. The number of rotatable bonds is 7. The van der Waals surface area contributed by atoms with E-state index in [2.05, 4.69) is 4.72 Å². The molecule has 25 heavy (non-hydrogen) atoms. The zero-order chi connectivity index (χ0) is 17.9. The summed E-state index contributed by atoms with van der Waals surface area (Å²) in [6, 6.07) is 8.53. The number of piperidine rings is 1. The van der Waals surface area contributed by atoms with Gasteiger partial charge in [-0.15, -0.1) is 0 Å². The van der Waals surface area contributed by atoms with E-state index in [1.165, 1.54) is 0 Å². The van der Waals surface area contributed by atoms with E-state index in [9.17, 15) is 13.2 Å². The van der Waals surface area contributed by atoms with Gasteiger partial charge in [0, 0.05) is 38.1 Å². The van der Waals surface area contributed by atoms with Crippen LogP contribution in [0.3, 0.4) is 0 Å². The van der Waals surface area contributed by atoms with Crippen LogP contribution in [0.5, 0.6) is 0 Å². The molecule has 3 rings (SSSR count). The molecule has 0 bridgehead atoms. The topological polar surface area (TPSA) is 75.7 Å². The maximum atomic E-state index is 12.6. The molecule has 1 saturated heterocycles. The van der Waals surface area contributed by atoms with E-state index >= 15 is 0 Å². The second-order valence-corrected chi connectivity index (χ2v) is 8.75. The van der Waals surface area contributed by atoms with Crippen molar-refractivity contribution in [2.24, 2.45) is 5.41 Å². The van der Waals surface area contributed by atoms with Gasteiger partial charge < -0.3 is 9.64 Å². The highest BCUT2D eigenvalue weighted by Gasteiger charge is 2.50. The molecule has 7 heteroatoms. The van der Waals surface area contributed by atoms with Crippen molar-refractivity contribution >= 4 is 15.9 Å². The fraction of sp³-hybridized carbons (Fsp3) is 0.611. The molecule has 1 saturated carbocycles. The van der Waals surface area contributed by atoms with E-state index in [-0.39, 0.29) is 22.3 Å². The molecule has 0 unspecified atom stereocenters. The summed E-state index contributed by atoms with van der Waals surface area (Å²) < 4.78 is 33.1. The number of fused-ring (bicyclic) bond motifs is 1.